The highest BCUT2D eigenvalue weighted by Crippen LogP contribution is 2.28. The van der Waals surface area contributed by atoms with Gasteiger partial charge < -0.3 is 10.5 Å². The van der Waals surface area contributed by atoms with Crippen LogP contribution in [0.5, 0.6) is 5.75 Å². The summed E-state index contributed by atoms with van der Waals surface area (Å²) in [5.41, 5.74) is 7.11. The van der Waals surface area contributed by atoms with Crippen molar-refractivity contribution in [3.05, 3.63) is 57.0 Å². The summed E-state index contributed by atoms with van der Waals surface area (Å²) < 4.78 is 5.58. The fourth-order valence-electron chi connectivity index (χ4n) is 1.42. The van der Waals surface area contributed by atoms with Crippen LogP contribution in [0.15, 0.2) is 36.4 Å². The molecule has 0 aliphatic carbocycles. The maximum absolute atomic E-state index is 6.00. The molecule has 0 aromatic heterocycles. The van der Waals surface area contributed by atoms with Gasteiger partial charge in [-0.2, -0.15) is 0 Å². The minimum atomic E-state index is 0.362. The molecule has 2 rings (SSSR count). The number of anilines is 1. The first kappa shape index (κ1) is 13.3. The highest BCUT2D eigenvalue weighted by Gasteiger charge is 2.04. The van der Waals surface area contributed by atoms with E-state index < -0.39 is 0 Å². The third-order valence-corrected chi connectivity index (χ3v) is 3.37. The number of halogens is 3. The summed E-state index contributed by atoms with van der Waals surface area (Å²) in [5.74, 6) is 0.580. The fourth-order valence-corrected chi connectivity index (χ4v) is 1.99. The van der Waals surface area contributed by atoms with Crippen LogP contribution >= 0.6 is 34.8 Å². The summed E-state index contributed by atoms with van der Waals surface area (Å²) in [6.07, 6.45) is 0. The Morgan fingerprint density at radius 2 is 1.67 bits per heavy atom. The zero-order valence-electron chi connectivity index (χ0n) is 9.29. The van der Waals surface area contributed by atoms with Crippen LogP contribution in [0.1, 0.15) is 5.56 Å². The normalized spacial score (nSPS) is 10.4. The number of ether oxygens (including phenoxy) is 1. The lowest BCUT2D eigenvalue weighted by Gasteiger charge is -2.09. The lowest BCUT2D eigenvalue weighted by atomic mass is 10.2. The molecule has 0 unspecified atom stereocenters. The smallest absolute Gasteiger partial charge is 0.138 e. The second-order valence-corrected chi connectivity index (χ2v) is 4.95. The topological polar surface area (TPSA) is 35.2 Å². The van der Waals surface area contributed by atoms with Gasteiger partial charge in [0.15, 0.2) is 0 Å². The molecular weight excluding hydrogens is 293 g/mol. The molecular formula is C13H10Cl3NO. The standard InChI is InChI=1S/C13H10Cl3NO/c14-10-3-1-8(5-11(10)15)7-18-13-4-2-9(17)6-12(13)16/h1-6H,7,17H2. The van der Waals surface area contributed by atoms with E-state index in [1.54, 1.807) is 30.3 Å². The molecule has 0 aliphatic heterocycles. The van der Waals surface area contributed by atoms with Gasteiger partial charge >= 0.3 is 0 Å². The molecule has 0 radical (unpaired) electrons. The van der Waals surface area contributed by atoms with Crippen molar-refractivity contribution in [3.8, 4) is 5.75 Å². The lowest BCUT2D eigenvalue weighted by molar-refractivity contribution is 0.306. The van der Waals surface area contributed by atoms with Crippen molar-refractivity contribution in [1.82, 2.24) is 0 Å². The number of hydrogen-bond donors (Lipinski definition) is 1. The van der Waals surface area contributed by atoms with E-state index in [1.807, 2.05) is 6.07 Å². The summed E-state index contributed by atoms with van der Waals surface area (Å²) in [4.78, 5) is 0. The number of nitrogens with two attached hydrogens (primary N) is 1. The van der Waals surface area contributed by atoms with Crippen LogP contribution < -0.4 is 10.5 Å². The first-order chi connectivity index (χ1) is 8.56. The van der Waals surface area contributed by atoms with E-state index in [0.29, 0.717) is 33.1 Å². The first-order valence-corrected chi connectivity index (χ1v) is 6.31. The van der Waals surface area contributed by atoms with Gasteiger partial charge in [0.2, 0.25) is 0 Å². The maximum atomic E-state index is 6.00. The Morgan fingerprint density at radius 3 is 2.33 bits per heavy atom. The number of rotatable bonds is 3. The average molecular weight is 303 g/mol. The molecule has 2 nitrogen and oxygen atoms in total. The van der Waals surface area contributed by atoms with Gasteiger partial charge in [-0.3, -0.25) is 0 Å². The quantitative estimate of drug-likeness (QED) is 0.826. The Labute approximate surface area is 120 Å². The van der Waals surface area contributed by atoms with E-state index in [-0.39, 0.29) is 0 Å². The molecule has 0 atom stereocenters. The van der Waals surface area contributed by atoms with Crippen molar-refractivity contribution >= 4 is 40.5 Å². The Hall–Kier alpha value is -1.09. The highest BCUT2D eigenvalue weighted by atomic mass is 35.5. The van der Waals surface area contributed by atoms with Crippen LogP contribution in [-0.4, -0.2) is 0 Å². The number of benzene rings is 2. The third-order valence-electron chi connectivity index (χ3n) is 2.33. The summed E-state index contributed by atoms with van der Waals surface area (Å²) in [7, 11) is 0. The monoisotopic (exact) mass is 301 g/mol. The second kappa shape index (κ2) is 5.70. The van der Waals surface area contributed by atoms with Crippen LogP contribution in [0.4, 0.5) is 5.69 Å². The van der Waals surface area contributed by atoms with Gasteiger partial charge in [0.1, 0.15) is 12.4 Å². The van der Waals surface area contributed by atoms with Crippen molar-refractivity contribution in [2.24, 2.45) is 0 Å². The SMILES string of the molecule is Nc1ccc(OCc2ccc(Cl)c(Cl)c2)c(Cl)c1. The summed E-state index contributed by atoms with van der Waals surface area (Å²) in [6.45, 7) is 0.362. The molecule has 2 aromatic carbocycles. The van der Waals surface area contributed by atoms with Crippen LogP contribution in [0.3, 0.4) is 0 Å². The summed E-state index contributed by atoms with van der Waals surface area (Å²) in [5, 5.41) is 1.50. The van der Waals surface area contributed by atoms with E-state index in [9.17, 15) is 0 Å². The van der Waals surface area contributed by atoms with Crippen molar-refractivity contribution in [3.63, 3.8) is 0 Å². The predicted octanol–water partition coefficient (Wildman–Crippen LogP) is 4.81. The van der Waals surface area contributed by atoms with Crippen LogP contribution in [-0.2, 0) is 6.61 Å². The maximum Gasteiger partial charge on any atom is 0.138 e. The second-order valence-electron chi connectivity index (χ2n) is 3.73. The van der Waals surface area contributed by atoms with Gasteiger partial charge in [-0.1, -0.05) is 40.9 Å². The van der Waals surface area contributed by atoms with Crippen molar-refractivity contribution in [2.75, 3.05) is 5.73 Å². The zero-order chi connectivity index (χ0) is 13.1. The molecule has 0 spiro atoms. The van der Waals surface area contributed by atoms with Gasteiger partial charge in [0, 0.05) is 5.69 Å². The van der Waals surface area contributed by atoms with Crippen LogP contribution in [0.2, 0.25) is 15.1 Å². The number of nitrogen functional groups attached to an aromatic ring is 1. The van der Waals surface area contributed by atoms with Crippen LogP contribution in [0.25, 0.3) is 0 Å². The zero-order valence-corrected chi connectivity index (χ0v) is 11.6. The average Bonchev–Trinajstić information content (AvgIpc) is 2.32. The first-order valence-electron chi connectivity index (χ1n) is 5.18. The lowest BCUT2D eigenvalue weighted by Crippen LogP contribution is -1.96. The molecule has 0 heterocycles. The molecule has 5 heteroatoms. The Balaban J connectivity index is 2.09. The van der Waals surface area contributed by atoms with Gasteiger partial charge in [-0.25, -0.2) is 0 Å². The van der Waals surface area contributed by atoms with Crippen molar-refractivity contribution < 1.29 is 4.74 Å². The molecule has 0 bridgehead atoms. The Kier molecular flexibility index (Phi) is 4.23. The molecule has 18 heavy (non-hydrogen) atoms. The van der Waals surface area contributed by atoms with E-state index in [4.69, 9.17) is 45.3 Å². The molecule has 94 valence electrons. The third kappa shape index (κ3) is 3.22. The minimum absolute atomic E-state index is 0.362. The van der Waals surface area contributed by atoms with Gasteiger partial charge in [-0.15, -0.1) is 0 Å². The van der Waals surface area contributed by atoms with Gasteiger partial charge in [-0.05, 0) is 35.9 Å². The molecule has 2 N–H and O–H groups in total. The van der Waals surface area contributed by atoms with E-state index in [2.05, 4.69) is 0 Å². The predicted molar refractivity (Wildman–Crippen MR) is 76.7 cm³/mol. The highest BCUT2D eigenvalue weighted by molar-refractivity contribution is 6.42. The minimum Gasteiger partial charge on any atom is -0.487 e. The van der Waals surface area contributed by atoms with Crippen LogP contribution in [0, 0.1) is 0 Å². The van der Waals surface area contributed by atoms with E-state index in [0.717, 1.165) is 5.56 Å². The molecule has 0 aliphatic rings. The molecule has 0 saturated carbocycles. The van der Waals surface area contributed by atoms with E-state index in [1.165, 1.54) is 0 Å². The molecule has 0 amide bonds. The molecule has 2 aromatic rings. The van der Waals surface area contributed by atoms with Gasteiger partial charge in [0.25, 0.3) is 0 Å². The largest absolute Gasteiger partial charge is 0.487 e. The van der Waals surface area contributed by atoms with E-state index >= 15 is 0 Å². The van der Waals surface area contributed by atoms with Crippen molar-refractivity contribution in [2.45, 2.75) is 6.61 Å². The Morgan fingerprint density at radius 1 is 0.889 bits per heavy atom. The summed E-state index contributed by atoms with van der Waals surface area (Å²) in [6, 6.07) is 10.4. The molecule has 0 saturated heterocycles. The number of hydrogen-bond acceptors (Lipinski definition) is 2. The van der Waals surface area contributed by atoms with Gasteiger partial charge in [0.05, 0.1) is 15.1 Å². The fraction of sp³-hybridized carbons (Fsp3) is 0.0769. The van der Waals surface area contributed by atoms with Crippen molar-refractivity contribution in [1.29, 1.82) is 0 Å². The Bertz CT molecular complexity index is 572. The molecule has 0 fully saturated rings. The summed E-state index contributed by atoms with van der Waals surface area (Å²) >= 11 is 17.8.